The summed E-state index contributed by atoms with van der Waals surface area (Å²) in [5.41, 5.74) is 2.92. The maximum Gasteiger partial charge on any atom is 0.339 e. The van der Waals surface area contributed by atoms with Crippen LogP contribution in [0.2, 0.25) is 10.0 Å². The van der Waals surface area contributed by atoms with E-state index in [1.165, 1.54) is 6.07 Å². The smallest absolute Gasteiger partial charge is 0.339 e. The summed E-state index contributed by atoms with van der Waals surface area (Å²) in [6.45, 7) is 2.13. The van der Waals surface area contributed by atoms with E-state index in [0.717, 1.165) is 23.1 Å². The van der Waals surface area contributed by atoms with Gasteiger partial charge >= 0.3 is 5.97 Å². The number of carboxylic acid groups (broad SMARTS) is 1. The summed E-state index contributed by atoms with van der Waals surface area (Å²) in [5.74, 6) is -1.24. The second kappa shape index (κ2) is 8.68. The van der Waals surface area contributed by atoms with Gasteiger partial charge < -0.3 is 10.2 Å². The van der Waals surface area contributed by atoms with Gasteiger partial charge in [0.1, 0.15) is 11.3 Å². The first-order valence-corrected chi connectivity index (χ1v) is 9.68. The second-order valence-electron chi connectivity index (χ2n) is 6.87. The molecule has 0 aliphatic rings. The molecule has 0 saturated heterocycles. The van der Waals surface area contributed by atoms with Crippen molar-refractivity contribution in [3.8, 4) is 5.75 Å². The van der Waals surface area contributed by atoms with Crippen molar-refractivity contribution in [1.82, 2.24) is 0 Å². The Balaban J connectivity index is 2.00. The second-order valence-corrected chi connectivity index (χ2v) is 7.75. The van der Waals surface area contributed by atoms with Gasteiger partial charge in [-0.15, -0.1) is 0 Å². The summed E-state index contributed by atoms with van der Waals surface area (Å²) in [4.78, 5) is 11.5. The van der Waals surface area contributed by atoms with E-state index in [1.807, 2.05) is 48.5 Å². The SMILES string of the molecule is CC(CC(c1ccc(Cl)cc1)c1ccc(O)c(C(=O)O)c1)c1ccc(Cl)cc1. The normalized spacial score (nSPS) is 13.1. The van der Waals surface area contributed by atoms with E-state index in [9.17, 15) is 15.0 Å². The zero-order chi connectivity index (χ0) is 20.3. The van der Waals surface area contributed by atoms with Crippen LogP contribution >= 0.6 is 23.2 Å². The summed E-state index contributed by atoms with van der Waals surface area (Å²) < 4.78 is 0. The van der Waals surface area contributed by atoms with Gasteiger partial charge in [-0.25, -0.2) is 4.79 Å². The molecule has 0 amide bonds. The molecule has 2 N–H and O–H groups in total. The number of aromatic hydroxyl groups is 1. The first-order chi connectivity index (χ1) is 13.3. The van der Waals surface area contributed by atoms with Gasteiger partial charge in [0.05, 0.1) is 0 Å². The van der Waals surface area contributed by atoms with Gasteiger partial charge in [-0.3, -0.25) is 0 Å². The van der Waals surface area contributed by atoms with Crippen LogP contribution in [0.1, 0.15) is 52.2 Å². The summed E-state index contributed by atoms with van der Waals surface area (Å²) in [7, 11) is 0. The number of hydrogen-bond donors (Lipinski definition) is 2. The van der Waals surface area contributed by atoms with E-state index < -0.39 is 5.97 Å². The summed E-state index contributed by atoms with van der Waals surface area (Å²) in [6.07, 6.45) is 0.757. The maximum absolute atomic E-state index is 11.5. The monoisotopic (exact) mass is 414 g/mol. The molecule has 5 heteroatoms. The largest absolute Gasteiger partial charge is 0.507 e. The van der Waals surface area contributed by atoms with Crippen molar-refractivity contribution in [3.05, 3.63) is 99.0 Å². The Labute approximate surface area is 174 Å². The topological polar surface area (TPSA) is 57.5 Å². The molecule has 2 atom stereocenters. The minimum atomic E-state index is -1.15. The third kappa shape index (κ3) is 4.67. The molecule has 0 saturated carbocycles. The number of carbonyl (C=O) groups is 1. The van der Waals surface area contributed by atoms with E-state index in [-0.39, 0.29) is 23.1 Å². The van der Waals surface area contributed by atoms with Crippen LogP contribution in [0.5, 0.6) is 5.75 Å². The Kier molecular flexibility index (Phi) is 6.28. The van der Waals surface area contributed by atoms with Crippen LogP contribution in [0.25, 0.3) is 0 Å². The highest BCUT2D eigenvalue weighted by Crippen LogP contribution is 2.37. The molecule has 3 aromatic rings. The Morgan fingerprint density at radius 1 is 0.857 bits per heavy atom. The van der Waals surface area contributed by atoms with Gasteiger partial charge in [-0.2, -0.15) is 0 Å². The van der Waals surface area contributed by atoms with Gasteiger partial charge in [-0.1, -0.05) is 60.5 Å². The van der Waals surface area contributed by atoms with Crippen molar-refractivity contribution in [2.24, 2.45) is 0 Å². The van der Waals surface area contributed by atoms with Gasteiger partial charge in [0.2, 0.25) is 0 Å². The van der Waals surface area contributed by atoms with Crippen LogP contribution in [-0.2, 0) is 0 Å². The zero-order valence-corrected chi connectivity index (χ0v) is 16.8. The summed E-state index contributed by atoms with van der Waals surface area (Å²) in [6, 6.07) is 20.1. The van der Waals surface area contributed by atoms with E-state index >= 15 is 0 Å². The zero-order valence-electron chi connectivity index (χ0n) is 15.3. The minimum Gasteiger partial charge on any atom is -0.507 e. The van der Waals surface area contributed by atoms with Crippen LogP contribution in [0.3, 0.4) is 0 Å². The lowest BCUT2D eigenvalue weighted by atomic mass is 9.81. The molecule has 0 aliphatic carbocycles. The first kappa shape index (κ1) is 20.2. The molecule has 0 bridgehead atoms. The lowest BCUT2D eigenvalue weighted by Crippen LogP contribution is -2.08. The fourth-order valence-electron chi connectivity index (χ4n) is 3.38. The van der Waals surface area contributed by atoms with Crippen LogP contribution < -0.4 is 0 Å². The molecule has 0 radical (unpaired) electrons. The minimum absolute atomic E-state index is 0.0540. The summed E-state index contributed by atoms with van der Waals surface area (Å²) >= 11 is 12.0. The number of aromatic carboxylic acids is 1. The molecule has 3 aromatic carbocycles. The Hall–Kier alpha value is -2.49. The fraction of sp³-hybridized carbons (Fsp3) is 0.174. The van der Waals surface area contributed by atoms with Gasteiger partial charge in [0, 0.05) is 16.0 Å². The number of hydrogen-bond acceptors (Lipinski definition) is 2. The highest BCUT2D eigenvalue weighted by Gasteiger charge is 2.21. The predicted molar refractivity (Wildman–Crippen MR) is 113 cm³/mol. The molecule has 0 aromatic heterocycles. The molecule has 144 valence electrons. The number of rotatable bonds is 6. The number of halogens is 2. The van der Waals surface area contributed by atoms with E-state index in [1.54, 1.807) is 12.1 Å². The quantitative estimate of drug-likeness (QED) is 0.470. The fourth-order valence-corrected chi connectivity index (χ4v) is 3.63. The number of benzene rings is 3. The molecule has 28 heavy (non-hydrogen) atoms. The highest BCUT2D eigenvalue weighted by molar-refractivity contribution is 6.30. The van der Waals surface area contributed by atoms with E-state index in [4.69, 9.17) is 23.2 Å². The van der Waals surface area contributed by atoms with Crippen molar-refractivity contribution in [3.63, 3.8) is 0 Å². The molecule has 3 rings (SSSR count). The predicted octanol–water partition coefficient (Wildman–Crippen LogP) is 6.72. The molecule has 0 spiro atoms. The Morgan fingerprint density at radius 3 is 1.89 bits per heavy atom. The highest BCUT2D eigenvalue weighted by atomic mass is 35.5. The van der Waals surface area contributed by atoms with Gasteiger partial charge in [0.25, 0.3) is 0 Å². The molecule has 0 heterocycles. The molecular weight excluding hydrogens is 395 g/mol. The average Bonchev–Trinajstić information content (AvgIpc) is 2.67. The van der Waals surface area contributed by atoms with Gasteiger partial charge in [0.15, 0.2) is 0 Å². The van der Waals surface area contributed by atoms with Crippen LogP contribution in [0.4, 0.5) is 0 Å². The van der Waals surface area contributed by atoms with Crippen molar-refractivity contribution in [2.45, 2.75) is 25.2 Å². The van der Waals surface area contributed by atoms with Crippen LogP contribution in [-0.4, -0.2) is 16.2 Å². The number of phenols is 1. The standard InChI is InChI=1S/C23H20Cl2O3/c1-14(15-2-7-18(24)8-3-15)12-20(16-4-9-19(25)10-5-16)17-6-11-22(26)21(13-17)23(27)28/h2-11,13-14,20,26H,12H2,1H3,(H,27,28). The van der Waals surface area contributed by atoms with Crippen molar-refractivity contribution in [1.29, 1.82) is 0 Å². The lowest BCUT2D eigenvalue weighted by molar-refractivity contribution is 0.0693. The maximum atomic E-state index is 11.5. The molecule has 0 aliphatic heterocycles. The lowest BCUT2D eigenvalue weighted by Gasteiger charge is -2.23. The molecule has 3 nitrogen and oxygen atoms in total. The summed E-state index contributed by atoms with van der Waals surface area (Å²) in [5, 5.41) is 20.6. The van der Waals surface area contributed by atoms with Crippen LogP contribution in [0, 0.1) is 0 Å². The average molecular weight is 415 g/mol. The Morgan fingerprint density at radius 2 is 1.36 bits per heavy atom. The van der Waals surface area contributed by atoms with Gasteiger partial charge in [-0.05, 0) is 65.4 Å². The third-order valence-corrected chi connectivity index (χ3v) is 5.46. The van der Waals surface area contributed by atoms with Crippen molar-refractivity contribution < 1.29 is 15.0 Å². The first-order valence-electron chi connectivity index (χ1n) is 8.92. The third-order valence-electron chi connectivity index (χ3n) is 4.95. The van der Waals surface area contributed by atoms with Crippen molar-refractivity contribution >= 4 is 29.2 Å². The molecular formula is C23H20Cl2O3. The van der Waals surface area contributed by atoms with E-state index in [0.29, 0.717) is 10.0 Å². The van der Waals surface area contributed by atoms with Crippen molar-refractivity contribution in [2.75, 3.05) is 0 Å². The van der Waals surface area contributed by atoms with Crippen LogP contribution in [0.15, 0.2) is 66.7 Å². The molecule has 2 unspecified atom stereocenters. The number of carboxylic acids is 1. The molecule has 0 fully saturated rings. The Bertz CT molecular complexity index is 966. The van der Waals surface area contributed by atoms with E-state index in [2.05, 4.69) is 6.92 Å².